The maximum Gasteiger partial charge on any atom is 0.324 e. The highest BCUT2D eigenvalue weighted by atomic mass is 19.1. The number of urea groups is 1. The summed E-state index contributed by atoms with van der Waals surface area (Å²) in [7, 11) is 1.85. The zero-order valence-electron chi connectivity index (χ0n) is 18.6. The molecule has 0 spiro atoms. The third kappa shape index (κ3) is 5.43. The molecule has 6 heteroatoms. The van der Waals surface area contributed by atoms with Gasteiger partial charge in [0.15, 0.2) is 0 Å². The average molecular weight is 425 g/mol. The predicted molar refractivity (Wildman–Crippen MR) is 123 cm³/mol. The number of piperidine rings is 1. The molecule has 2 amide bonds. The molecule has 2 saturated heterocycles. The molecule has 2 aromatic carbocycles. The third-order valence-corrected chi connectivity index (χ3v) is 6.58. The van der Waals surface area contributed by atoms with E-state index in [-0.39, 0.29) is 11.8 Å². The Bertz CT molecular complexity index is 862. The average Bonchev–Trinajstić information content (AvgIpc) is 2.79. The number of piperazine rings is 1. The highest BCUT2D eigenvalue weighted by Crippen LogP contribution is 2.29. The van der Waals surface area contributed by atoms with Crippen molar-refractivity contribution < 1.29 is 9.18 Å². The second-order valence-corrected chi connectivity index (χ2v) is 8.91. The molecule has 2 aliphatic rings. The molecule has 0 saturated carbocycles. The maximum atomic E-state index is 13.2. The van der Waals surface area contributed by atoms with Crippen molar-refractivity contribution in [3.8, 4) is 0 Å². The molecule has 0 bridgehead atoms. The van der Waals surface area contributed by atoms with Crippen molar-refractivity contribution in [3.05, 3.63) is 65.5 Å². The van der Waals surface area contributed by atoms with Gasteiger partial charge < -0.3 is 10.2 Å². The van der Waals surface area contributed by atoms with Crippen LogP contribution >= 0.6 is 0 Å². The van der Waals surface area contributed by atoms with Crippen LogP contribution in [0.25, 0.3) is 0 Å². The molecule has 0 aliphatic carbocycles. The van der Waals surface area contributed by atoms with Gasteiger partial charge in [0.25, 0.3) is 0 Å². The Balaban J connectivity index is 1.30. The SMILES string of the molecule is C[C@H]1CN(Cc2ccc(N(C)C(=O)N3CCC(c4ccc(F)cc4)CC3)cc2)CCN1. The molecule has 31 heavy (non-hydrogen) atoms. The molecule has 2 heterocycles. The zero-order chi connectivity index (χ0) is 21.8. The Morgan fingerprint density at radius 1 is 1.06 bits per heavy atom. The van der Waals surface area contributed by atoms with E-state index in [1.54, 1.807) is 4.90 Å². The largest absolute Gasteiger partial charge is 0.324 e. The lowest BCUT2D eigenvalue weighted by atomic mass is 9.89. The molecule has 2 aliphatic heterocycles. The number of hydrogen-bond acceptors (Lipinski definition) is 3. The Labute approximate surface area is 184 Å². The Morgan fingerprint density at radius 3 is 2.39 bits per heavy atom. The van der Waals surface area contributed by atoms with Gasteiger partial charge in [-0.2, -0.15) is 0 Å². The predicted octanol–water partition coefficient (Wildman–Crippen LogP) is 4.06. The molecular weight excluding hydrogens is 391 g/mol. The van der Waals surface area contributed by atoms with Crippen LogP contribution in [-0.4, -0.2) is 61.6 Å². The Hall–Kier alpha value is -2.44. The van der Waals surface area contributed by atoms with Crippen LogP contribution in [0.4, 0.5) is 14.9 Å². The van der Waals surface area contributed by atoms with Crippen molar-refractivity contribution >= 4 is 11.7 Å². The van der Waals surface area contributed by atoms with E-state index in [1.165, 1.54) is 17.7 Å². The van der Waals surface area contributed by atoms with Gasteiger partial charge >= 0.3 is 6.03 Å². The molecule has 166 valence electrons. The van der Waals surface area contributed by atoms with Crippen molar-refractivity contribution in [3.63, 3.8) is 0 Å². The number of nitrogens with one attached hydrogen (secondary N) is 1. The first kappa shape index (κ1) is 21.8. The van der Waals surface area contributed by atoms with E-state index >= 15 is 0 Å². The molecular formula is C25H33FN4O. The van der Waals surface area contributed by atoms with E-state index in [4.69, 9.17) is 0 Å². The van der Waals surface area contributed by atoms with Crippen LogP contribution in [-0.2, 0) is 6.54 Å². The standard InChI is InChI=1S/C25H33FN4O/c1-19-17-29(16-13-27-19)18-20-3-9-24(10-4-20)28(2)25(31)30-14-11-22(12-15-30)21-5-7-23(26)8-6-21/h3-10,19,22,27H,11-18H2,1-2H3/t19-/m0/s1. The van der Waals surface area contributed by atoms with Gasteiger partial charge in [-0.25, -0.2) is 9.18 Å². The van der Waals surface area contributed by atoms with E-state index in [2.05, 4.69) is 29.3 Å². The maximum absolute atomic E-state index is 13.2. The van der Waals surface area contributed by atoms with Gasteiger partial charge in [-0.05, 0) is 61.1 Å². The molecule has 2 aromatic rings. The number of amides is 2. The minimum absolute atomic E-state index is 0.0428. The molecule has 0 radical (unpaired) electrons. The lowest BCUT2D eigenvalue weighted by molar-refractivity contribution is 0.189. The summed E-state index contributed by atoms with van der Waals surface area (Å²) in [6, 6.07) is 15.7. The first-order valence-electron chi connectivity index (χ1n) is 11.3. The van der Waals surface area contributed by atoms with Crippen LogP contribution in [0.5, 0.6) is 0 Å². The van der Waals surface area contributed by atoms with Gasteiger partial charge in [0.1, 0.15) is 5.82 Å². The van der Waals surface area contributed by atoms with Crippen LogP contribution in [0, 0.1) is 5.82 Å². The molecule has 1 atom stereocenters. The number of likely N-dealkylation sites (tertiary alicyclic amines) is 1. The lowest BCUT2D eigenvalue weighted by Gasteiger charge is -2.35. The fraction of sp³-hybridized carbons (Fsp3) is 0.480. The van der Waals surface area contributed by atoms with Crippen LogP contribution in [0.1, 0.15) is 36.8 Å². The van der Waals surface area contributed by atoms with Gasteiger partial charge in [-0.3, -0.25) is 9.80 Å². The second-order valence-electron chi connectivity index (χ2n) is 8.91. The van der Waals surface area contributed by atoms with E-state index in [0.29, 0.717) is 12.0 Å². The van der Waals surface area contributed by atoms with Crippen molar-refractivity contribution in [1.29, 1.82) is 0 Å². The normalized spacial score (nSPS) is 20.6. The Morgan fingerprint density at radius 2 is 1.74 bits per heavy atom. The summed E-state index contributed by atoms with van der Waals surface area (Å²) in [4.78, 5) is 19.2. The van der Waals surface area contributed by atoms with E-state index < -0.39 is 0 Å². The number of benzene rings is 2. The number of anilines is 1. The summed E-state index contributed by atoms with van der Waals surface area (Å²) in [5, 5.41) is 3.47. The summed E-state index contributed by atoms with van der Waals surface area (Å²) in [5.74, 6) is 0.188. The first-order valence-corrected chi connectivity index (χ1v) is 11.3. The highest BCUT2D eigenvalue weighted by molar-refractivity contribution is 5.91. The van der Waals surface area contributed by atoms with E-state index in [1.807, 2.05) is 36.2 Å². The zero-order valence-corrected chi connectivity index (χ0v) is 18.6. The molecule has 1 N–H and O–H groups in total. The van der Waals surface area contributed by atoms with Crippen molar-refractivity contribution in [2.75, 3.05) is 44.7 Å². The smallest absolute Gasteiger partial charge is 0.324 e. The molecule has 0 aromatic heterocycles. The van der Waals surface area contributed by atoms with E-state index in [0.717, 1.165) is 63.4 Å². The number of carbonyl (C=O) groups is 1. The van der Waals surface area contributed by atoms with Crippen LogP contribution in [0.3, 0.4) is 0 Å². The van der Waals surface area contributed by atoms with Crippen LogP contribution in [0.15, 0.2) is 48.5 Å². The number of nitrogens with zero attached hydrogens (tertiary/aromatic N) is 3. The fourth-order valence-electron chi connectivity index (χ4n) is 4.70. The van der Waals surface area contributed by atoms with Crippen LogP contribution < -0.4 is 10.2 Å². The molecule has 5 nitrogen and oxygen atoms in total. The van der Waals surface area contributed by atoms with Crippen molar-refractivity contribution in [2.24, 2.45) is 0 Å². The third-order valence-electron chi connectivity index (χ3n) is 6.58. The summed E-state index contributed by atoms with van der Waals surface area (Å²) < 4.78 is 13.2. The summed E-state index contributed by atoms with van der Waals surface area (Å²) in [6.07, 6.45) is 1.82. The second kappa shape index (κ2) is 9.79. The number of carbonyl (C=O) groups excluding carboxylic acids is 1. The molecule has 0 unspecified atom stereocenters. The monoisotopic (exact) mass is 424 g/mol. The quantitative estimate of drug-likeness (QED) is 0.805. The molecule has 2 fully saturated rings. The lowest BCUT2D eigenvalue weighted by Crippen LogP contribution is -2.48. The minimum atomic E-state index is -0.202. The van der Waals surface area contributed by atoms with Gasteiger partial charge in [-0.15, -0.1) is 0 Å². The van der Waals surface area contributed by atoms with Crippen molar-refractivity contribution in [2.45, 2.75) is 38.3 Å². The highest BCUT2D eigenvalue weighted by Gasteiger charge is 2.26. The molecule has 4 rings (SSSR count). The number of rotatable bonds is 4. The van der Waals surface area contributed by atoms with Crippen molar-refractivity contribution in [1.82, 2.24) is 15.1 Å². The minimum Gasteiger partial charge on any atom is -0.324 e. The number of halogens is 1. The summed E-state index contributed by atoms with van der Waals surface area (Å²) in [6.45, 7) is 7.79. The van der Waals surface area contributed by atoms with Gasteiger partial charge in [-0.1, -0.05) is 24.3 Å². The number of hydrogen-bond donors (Lipinski definition) is 1. The fourth-order valence-corrected chi connectivity index (χ4v) is 4.70. The summed E-state index contributed by atoms with van der Waals surface area (Å²) >= 11 is 0. The summed E-state index contributed by atoms with van der Waals surface area (Å²) in [5.41, 5.74) is 3.36. The first-order chi connectivity index (χ1) is 15.0. The van der Waals surface area contributed by atoms with E-state index in [9.17, 15) is 9.18 Å². The Kier molecular flexibility index (Phi) is 6.88. The van der Waals surface area contributed by atoms with Gasteiger partial charge in [0.2, 0.25) is 0 Å². The topological polar surface area (TPSA) is 38.8 Å². The van der Waals surface area contributed by atoms with Gasteiger partial charge in [0, 0.05) is 58.0 Å². The van der Waals surface area contributed by atoms with Crippen LogP contribution in [0.2, 0.25) is 0 Å². The van der Waals surface area contributed by atoms with Gasteiger partial charge in [0.05, 0.1) is 0 Å².